The fourth-order valence-corrected chi connectivity index (χ4v) is 2.08. The summed E-state index contributed by atoms with van der Waals surface area (Å²) in [6, 6.07) is 10.3. The van der Waals surface area contributed by atoms with Crippen LogP contribution in [-0.4, -0.2) is 17.0 Å². The van der Waals surface area contributed by atoms with Crippen LogP contribution in [0.5, 0.6) is 0 Å². The summed E-state index contributed by atoms with van der Waals surface area (Å²) in [5.74, 6) is 7.75. The highest BCUT2D eigenvalue weighted by Gasteiger charge is 2.08. The number of anilines is 2. The lowest BCUT2D eigenvalue weighted by Gasteiger charge is -2.19. The first-order valence-electron chi connectivity index (χ1n) is 6.73. The zero-order valence-corrected chi connectivity index (χ0v) is 12.2. The Morgan fingerprint density at radius 1 is 1.25 bits per heavy atom. The molecule has 2 aromatic rings. The summed E-state index contributed by atoms with van der Waals surface area (Å²) in [6.45, 7) is 4.92. The van der Waals surface area contributed by atoms with Gasteiger partial charge >= 0.3 is 0 Å². The molecule has 0 saturated heterocycles. The molecule has 0 saturated carbocycles. The Morgan fingerprint density at radius 2 is 2.05 bits per heavy atom. The van der Waals surface area contributed by atoms with Gasteiger partial charge in [-0.1, -0.05) is 36.8 Å². The molecule has 0 atom stereocenters. The molecule has 106 valence electrons. The zero-order valence-electron chi connectivity index (χ0n) is 12.2. The topological polar surface area (TPSA) is 67.1 Å². The number of aryl methyl sites for hydroxylation is 2. The predicted molar refractivity (Wildman–Crippen MR) is 82.5 cm³/mol. The molecule has 0 aliphatic heterocycles. The summed E-state index contributed by atoms with van der Waals surface area (Å²) in [4.78, 5) is 10.9. The summed E-state index contributed by atoms with van der Waals surface area (Å²) in [5, 5.41) is 0. The second-order valence-electron chi connectivity index (χ2n) is 4.87. The van der Waals surface area contributed by atoms with E-state index in [4.69, 9.17) is 5.84 Å². The first-order chi connectivity index (χ1) is 9.62. The predicted octanol–water partition coefficient (Wildman–Crippen LogP) is 2.27. The van der Waals surface area contributed by atoms with Gasteiger partial charge in [0.2, 0.25) is 0 Å². The Balaban J connectivity index is 2.22. The van der Waals surface area contributed by atoms with E-state index in [1.165, 1.54) is 11.1 Å². The van der Waals surface area contributed by atoms with Crippen LogP contribution in [0, 0.1) is 6.92 Å². The third kappa shape index (κ3) is 3.45. The second kappa shape index (κ2) is 6.34. The number of aromatic nitrogens is 2. The number of hydrazine groups is 1. The van der Waals surface area contributed by atoms with E-state index in [1.54, 1.807) is 0 Å². The van der Waals surface area contributed by atoms with Gasteiger partial charge in [-0.05, 0) is 12.5 Å². The molecule has 1 aromatic carbocycles. The number of hydrogen-bond donors (Lipinski definition) is 2. The second-order valence-corrected chi connectivity index (χ2v) is 4.87. The standard InChI is InChI=1S/C15H21N5/c1-4-13-17-14(19-16)9-15(18-13)20(3)10-12-7-5-6-11(2)8-12/h5-9H,4,10,16H2,1-3H3,(H,17,18,19). The van der Waals surface area contributed by atoms with E-state index in [9.17, 15) is 0 Å². The van der Waals surface area contributed by atoms with Crippen molar-refractivity contribution in [2.45, 2.75) is 26.8 Å². The van der Waals surface area contributed by atoms with E-state index in [0.717, 1.165) is 24.6 Å². The van der Waals surface area contributed by atoms with Crippen LogP contribution in [0.4, 0.5) is 11.6 Å². The van der Waals surface area contributed by atoms with Crippen molar-refractivity contribution < 1.29 is 0 Å². The van der Waals surface area contributed by atoms with Gasteiger partial charge in [-0.15, -0.1) is 0 Å². The van der Waals surface area contributed by atoms with E-state index in [1.807, 2.05) is 20.0 Å². The van der Waals surface area contributed by atoms with Crippen molar-refractivity contribution in [3.63, 3.8) is 0 Å². The summed E-state index contributed by atoms with van der Waals surface area (Å²) in [6.07, 6.45) is 0.779. The third-order valence-corrected chi connectivity index (χ3v) is 3.12. The van der Waals surface area contributed by atoms with Gasteiger partial charge in [-0.3, -0.25) is 0 Å². The van der Waals surface area contributed by atoms with Crippen LogP contribution >= 0.6 is 0 Å². The number of nitrogens with zero attached hydrogens (tertiary/aromatic N) is 3. The summed E-state index contributed by atoms with van der Waals surface area (Å²) >= 11 is 0. The van der Waals surface area contributed by atoms with Gasteiger partial charge in [0.1, 0.15) is 17.5 Å². The van der Waals surface area contributed by atoms with Crippen LogP contribution in [0.25, 0.3) is 0 Å². The minimum Gasteiger partial charge on any atom is -0.355 e. The molecule has 0 aliphatic carbocycles. The number of hydrogen-bond acceptors (Lipinski definition) is 5. The van der Waals surface area contributed by atoms with E-state index in [2.05, 4.69) is 51.5 Å². The van der Waals surface area contributed by atoms with E-state index >= 15 is 0 Å². The molecule has 0 aliphatic rings. The van der Waals surface area contributed by atoms with Crippen LogP contribution in [0.1, 0.15) is 23.9 Å². The Bertz CT molecular complexity index is 560. The van der Waals surface area contributed by atoms with Crippen molar-refractivity contribution in [1.29, 1.82) is 0 Å². The maximum atomic E-state index is 5.46. The van der Waals surface area contributed by atoms with E-state index < -0.39 is 0 Å². The van der Waals surface area contributed by atoms with Gasteiger partial charge in [0.15, 0.2) is 0 Å². The van der Waals surface area contributed by atoms with Crippen molar-refractivity contribution in [1.82, 2.24) is 9.97 Å². The smallest absolute Gasteiger partial charge is 0.145 e. The molecule has 0 fully saturated rings. The lowest BCUT2D eigenvalue weighted by atomic mass is 10.1. The third-order valence-electron chi connectivity index (χ3n) is 3.12. The lowest BCUT2D eigenvalue weighted by Crippen LogP contribution is -2.20. The van der Waals surface area contributed by atoms with Crippen LogP contribution in [0.2, 0.25) is 0 Å². The van der Waals surface area contributed by atoms with E-state index in [-0.39, 0.29) is 0 Å². The minimum atomic E-state index is 0.642. The Hall–Kier alpha value is -2.14. The van der Waals surface area contributed by atoms with Gasteiger partial charge < -0.3 is 10.3 Å². The largest absolute Gasteiger partial charge is 0.355 e. The molecular formula is C15H21N5. The summed E-state index contributed by atoms with van der Waals surface area (Å²) < 4.78 is 0. The number of nitrogen functional groups attached to an aromatic ring is 1. The van der Waals surface area contributed by atoms with E-state index in [0.29, 0.717) is 5.82 Å². The summed E-state index contributed by atoms with van der Waals surface area (Å²) in [5.41, 5.74) is 5.11. The van der Waals surface area contributed by atoms with Crippen LogP contribution in [0.3, 0.4) is 0 Å². The van der Waals surface area contributed by atoms with Crippen molar-refractivity contribution in [2.75, 3.05) is 17.4 Å². The molecule has 1 heterocycles. The quantitative estimate of drug-likeness (QED) is 0.645. The molecule has 2 rings (SSSR count). The highest BCUT2D eigenvalue weighted by molar-refractivity contribution is 5.48. The summed E-state index contributed by atoms with van der Waals surface area (Å²) in [7, 11) is 2.02. The lowest BCUT2D eigenvalue weighted by molar-refractivity contribution is 0.858. The average molecular weight is 271 g/mol. The first kappa shape index (κ1) is 14.3. The maximum Gasteiger partial charge on any atom is 0.145 e. The molecule has 20 heavy (non-hydrogen) atoms. The van der Waals surface area contributed by atoms with Gasteiger partial charge in [0.25, 0.3) is 0 Å². The van der Waals surface area contributed by atoms with Crippen molar-refractivity contribution in [2.24, 2.45) is 5.84 Å². The number of nitrogens with two attached hydrogens (primary N) is 1. The Kier molecular flexibility index (Phi) is 4.53. The normalized spacial score (nSPS) is 10.4. The number of rotatable bonds is 5. The Morgan fingerprint density at radius 3 is 2.70 bits per heavy atom. The highest BCUT2D eigenvalue weighted by Crippen LogP contribution is 2.17. The average Bonchev–Trinajstić information content (AvgIpc) is 2.46. The SMILES string of the molecule is CCc1nc(NN)cc(N(C)Cc2cccc(C)c2)n1. The van der Waals surface area contributed by atoms with Crippen molar-refractivity contribution in [3.05, 3.63) is 47.3 Å². The molecule has 3 N–H and O–H groups in total. The molecule has 5 nitrogen and oxygen atoms in total. The first-order valence-corrected chi connectivity index (χ1v) is 6.73. The van der Waals surface area contributed by atoms with Crippen LogP contribution < -0.4 is 16.2 Å². The minimum absolute atomic E-state index is 0.642. The molecule has 0 amide bonds. The number of nitrogens with one attached hydrogen (secondary N) is 1. The molecule has 1 aromatic heterocycles. The van der Waals surface area contributed by atoms with Gasteiger partial charge in [0.05, 0.1) is 0 Å². The highest BCUT2D eigenvalue weighted by atomic mass is 15.3. The molecule has 5 heteroatoms. The van der Waals surface area contributed by atoms with Gasteiger partial charge in [-0.25, -0.2) is 15.8 Å². The molecule has 0 unspecified atom stereocenters. The monoisotopic (exact) mass is 271 g/mol. The fourth-order valence-electron chi connectivity index (χ4n) is 2.08. The van der Waals surface area contributed by atoms with Crippen molar-refractivity contribution >= 4 is 11.6 Å². The maximum absolute atomic E-state index is 5.46. The Labute approximate surface area is 119 Å². The van der Waals surface area contributed by atoms with Gasteiger partial charge in [-0.2, -0.15) is 0 Å². The molecular weight excluding hydrogens is 250 g/mol. The van der Waals surface area contributed by atoms with Gasteiger partial charge in [0, 0.05) is 26.1 Å². The van der Waals surface area contributed by atoms with Crippen molar-refractivity contribution in [3.8, 4) is 0 Å². The zero-order chi connectivity index (χ0) is 14.5. The molecule has 0 spiro atoms. The van der Waals surface area contributed by atoms with Crippen LogP contribution in [0.15, 0.2) is 30.3 Å². The molecule has 0 radical (unpaired) electrons. The number of benzene rings is 1. The van der Waals surface area contributed by atoms with Crippen LogP contribution in [-0.2, 0) is 13.0 Å². The fraction of sp³-hybridized carbons (Fsp3) is 0.333. The molecule has 0 bridgehead atoms.